The molecule has 0 bridgehead atoms. The van der Waals surface area contributed by atoms with Crippen LogP contribution < -0.4 is 0 Å². The highest BCUT2D eigenvalue weighted by atomic mass is 32.3. The fourth-order valence-electron chi connectivity index (χ4n) is 1.56. The SMILES string of the molecule is COC(=O)OC(C1COS(=O)(=O)O1)C1COS(=O)(=O)O1. The number of methoxy groups -OCH3 is 1. The molecule has 0 aromatic heterocycles. The Morgan fingerprint density at radius 2 is 1.50 bits per heavy atom. The van der Waals surface area contributed by atoms with Gasteiger partial charge in [-0.2, -0.15) is 16.8 Å². The standard InChI is InChI=1S/C7H10O11S2/c1-13-7(8)16-6(4-2-14-19(9,10)17-4)5-3-15-20(11,12)18-5/h4-6H,2-3H2,1H3. The Morgan fingerprint density at radius 1 is 1.05 bits per heavy atom. The predicted molar refractivity (Wildman–Crippen MR) is 56.8 cm³/mol. The minimum absolute atomic E-state index is 0.468. The lowest BCUT2D eigenvalue weighted by Gasteiger charge is -2.23. The summed E-state index contributed by atoms with van der Waals surface area (Å²) in [5.74, 6) is 0. The predicted octanol–water partition coefficient (Wildman–Crippen LogP) is -1.54. The summed E-state index contributed by atoms with van der Waals surface area (Å²) in [6, 6.07) is 0. The van der Waals surface area contributed by atoms with E-state index in [1.54, 1.807) is 0 Å². The van der Waals surface area contributed by atoms with Gasteiger partial charge in [-0.25, -0.2) is 21.5 Å². The molecule has 2 atom stereocenters. The van der Waals surface area contributed by atoms with Crippen LogP contribution in [0.2, 0.25) is 0 Å². The number of ether oxygens (including phenoxy) is 2. The van der Waals surface area contributed by atoms with Gasteiger partial charge in [-0.05, 0) is 0 Å². The molecule has 0 radical (unpaired) electrons. The molecule has 2 unspecified atom stereocenters. The van der Waals surface area contributed by atoms with Gasteiger partial charge in [0.2, 0.25) is 0 Å². The maximum absolute atomic E-state index is 11.1. The summed E-state index contributed by atoms with van der Waals surface area (Å²) in [5, 5.41) is 0. The molecule has 0 aromatic rings. The van der Waals surface area contributed by atoms with Gasteiger partial charge >= 0.3 is 27.0 Å². The van der Waals surface area contributed by atoms with Crippen molar-refractivity contribution in [3.63, 3.8) is 0 Å². The Labute approximate surface area is 114 Å². The van der Waals surface area contributed by atoms with Gasteiger partial charge in [0.05, 0.1) is 7.11 Å². The van der Waals surface area contributed by atoms with Gasteiger partial charge in [0.1, 0.15) is 25.4 Å². The summed E-state index contributed by atoms with van der Waals surface area (Å²) >= 11 is 0. The summed E-state index contributed by atoms with van der Waals surface area (Å²) in [7, 11) is -7.42. The van der Waals surface area contributed by atoms with E-state index in [4.69, 9.17) is 4.74 Å². The highest BCUT2D eigenvalue weighted by Crippen LogP contribution is 2.26. The summed E-state index contributed by atoms with van der Waals surface area (Å²) in [4.78, 5) is 11.1. The third-order valence-electron chi connectivity index (χ3n) is 2.37. The third-order valence-corrected chi connectivity index (χ3v) is 4.18. The molecule has 0 saturated carbocycles. The van der Waals surface area contributed by atoms with Crippen LogP contribution in [0.3, 0.4) is 0 Å². The first-order chi connectivity index (χ1) is 9.22. The molecule has 2 aliphatic heterocycles. The summed E-state index contributed by atoms with van der Waals surface area (Å²) in [5.41, 5.74) is 0. The molecular weight excluding hydrogens is 324 g/mol. The highest BCUT2D eigenvalue weighted by Gasteiger charge is 2.47. The van der Waals surface area contributed by atoms with Crippen LogP contribution in [0, 0.1) is 0 Å². The van der Waals surface area contributed by atoms with E-state index in [1.165, 1.54) is 0 Å². The fourth-order valence-corrected chi connectivity index (χ4v) is 3.21. The van der Waals surface area contributed by atoms with Crippen LogP contribution >= 0.6 is 0 Å². The lowest BCUT2D eigenvalue weighted by Crippen LogP contribution is -2.43. The van der Waals surface area contributed by atoms with Crippen molar-refractivity contribution in [3.05, 3.63) is 0 Å². The Morgan fingerprint density at radius 3 is 1.80 bits per heavy atom. The van der Waals surface area contributed by atoms with Gasteiger partial charge in [0.15, 0.2) is 6.10 Å². The lowest BCUT2D eigenvalue weighted by molar-refractivity contribution is -0.0552. The zero-order valence-corrected chi connectivity index (χ0v) is 11.6. The monoisotopic (exact) mass is 334 g/mol. The average molecular weight is 334 g/mol. The van der Waals surface area contributed by atoms with E-state index in [0.29, 0.717) is 0 Å². The van der Waals surface area contributed by atoms with E-state index in [2.05, 4.69) is 21.5 Å². The molecule has 0 amide bonds. The van der Waals surface area contributed by atoms with E-state index in [-0.39, 0.29) is 0 Å². The van der Waals surface area contributed by atoms with E-state index >= 15 is 0 Å². The maximum atomic E-state index is 11.1. The molecular formula is C7H10O11S2. The zero-order chi connectivity index (χ0) is 15.0. The molecule has 11 nitrogen and oxygen atoms in total. The molecule has 0 aromatic carbocycles. The Kier molecular flexibility index (Phi) is 4.17. The minimum Gasteiger partial charge on any atom is -0.438 e. The van der Waals surface area contributed by atoms with E-state index < -0.39 is 58.5 Å². The van der Waals surface area contributed by atoms with Gasteiger partial charge in [-0.3, -0.25) is 0 Å². The van der Waals surface area contributed by atoms with Crippen LogP contribution in [-0.2, 0) is 47.0 Å². The summed E-state index contributed by atoms with van der Waals surface area (Å²) in [6.45, 7) is -0.937. The Bertz CT molecular complexity index is 534. The van der Waals surface area contributed by atoms with Crippen LogP contribution in [0.25, 0.3) is 0 Å². The van der Waals surface area contributed by atoms with Crippen molar-refractivity contribution in [2.75, 3.05) is 20.3 Å². The summed E-state index contributed by atoms with van der Waals surface area (Å²) in [6.07, 6.45) is -5.13. The Hall–Kier alpha value is -0.990. The van der Waals surface area contributed by atoms with Crippen LogP contribution in [0.5, 0.6) is 0 Å². The van der Waals surface area contributed by atoms with Crippen LogP contribution in [-0.4, -0.2) is 61.6 Å². The molecule has 2 saturated heterocycles. The number of hydrogen-bond donors (Lipinski definition) is 0. The molecule has 20 heavy (non-hydrogen) atoms. The summed E-state index contributed by atoms with van der Waals surface area (Å²) < 4.78 is 70.9. The van der Waals surface area contributed by atoms with Crippen molar-refractivity contribution < 1.29 is 47.8 Å². The second-order valence-corrected chi connectivity index (χ2v) is 6.18. The van der Waals surface area contributed by atoms with Crippen LogP contribution in [0.4, 0.5) is 4.79 Å². The largest absolute Gasteiger partial charge is 0.508 e. The molecule has 0 spiro atoms. The second-order valence-electron chi connectivity index (χ2n) is 3.69. The van der Waals surface area contributed by atoms with Crippen molar-refractivity contribution in [1.82, 2.24) is 0 Å². The first kappa shape index (κ1) is 15.4. The van der Waals surface area contributed by atoms with Crippen molar-refractivity contribution >= 4 is 27.0 Å². The molecule has 2 rings (SSSR count). The minimum atomic E-state index is -4.22. The maximum Gasteiger partial charge on any atom is 0.508 e. The van der Waals surface area contributed by atoms with E-state index in [9.17, 15) is 21.6 Å². The van der Waals surface area contributed by atoms with Gasteiger partial charge in [-0.1, -0.05) is 0 Å². The molecule has 0 N–H and O–H groups in total. The first-order valence-electron chi connectivity index (χ1n) is 5.12. The van der Waals surface area contributed by atoms with Crippen molar-refractivity contribution in [1.29, 1.82) is 0 Å². The Balaban J connectivity index is 2.15. The quantitative estimate of drug-likeness (QED) is 0.554. The van der Waals surface area contributed by atoms with Gasteiger partial charge in [0.25, 0.3) is 0 Å². The van der Waals surface area contributed by atoms with Crippen LogP contribution in [0.1, 0.15) is 0 Å². The zero-order valence-electron chi connectivity index (χ0n) is 9.95. The number of rotatable bonds is 3. The molecule has 2 fully saturated rings. The number of carbonyl (C=O) groups excluding carboxylic acids is 1. The molecule has 0 aliphatic carbocycles. The first-order valence-corrected chi connectivity index (χ1v) is 7.79. The number of hydrogen-bond acceptors (Lipinski definition) is 11. The number of carbonyl (C=O) groups is 1. The van der Waals surface area contributed by atoms with Crippen molar-refractivity contribution in [3.8, 4) is 0 Å². The highest BCUT2D eigenvalue weighted by molar-refractivity contribution is 7.82. The van der Waals surface area contributed by atoms with Crippen molar-refractivity contribution in [2.24, 2.45) is 0 Å². The smallest absolute Gasteiger partial charge is 0.438 e. The molecule has 13 heteroatoms. The van der Waals surface area contributed by atoms with Gasteiger partial charge in [0, 0.05) is 0 Å². The second kappa shape index (κ2) is 5.42. The fraction of sp³-hybridized carbons (Fsp3) is 0.857. The van der Waals surface area contributed by atoms with E-state index in [1.807, 2.05) is 0 Å². The average Bonchev–Trinajstić information content (AvgIpc) is 2.88. The molecule has 2 aliphatic rings. The topological polar surface area (TPSA) is 141 Å². The molecule has 116 valence electrons. The van der Waals surface area contributed by atoms with Crippen LogP contribution in [0.15, 0.2) is 0 Å². The van der Waals surface area contributed by atoms with Crippen molar-refractivity contribution in [2.45, 2.75) is 18.3 Å². The normalized spacial score (nSPS) is 32.6. The molecule has 2 heterocycles. The van der Waals surface area contributed by atoms with Gasteiger partial charge in [-0.15, -0.1) is 0 Å². The van der Waals surface area contributed by atoms with E-state index in [0.717, 1.165) is 7.11 Å². The third kappa shape index (κ3) is 3.56. The lowest BCUT2D eigenvalue weighted by atomic mass is 10.1. The van der Waals surface area contributed by atoms with Gasteiger partial charge < -0.3 is 9.47 Å².